The molecular weight excluding hydrogens is 408 g/mol. The minimum absolute atomic E-state index is 0.327. The number of nitrogens with one attached hydrogen (secondary N) is 2. The number of benzene rings is 2. The molecule has 0 saturated carbocycles. The molecule has 9 heteroatoms. The van der Waals surface area contributed by atoms with Gasteiger partial charge in [0.05, 0.1) is 5.41 Å². The van der Waals surface area contributed by atoms with Crippen LogP contribution in [0.2, 0.25) is 5.02 Å². The summed E-state index contributed by atoms with van der Waals surface area (Å²) in [5, 5.41) is 23.1. The molecule has 0 spiro atoms. The fourth-order valence-electron chi connectivity index (χ4n) is 2.55. The molecule has 1 heterocycles. The smallest absolute Gasteiger partial charge is 0.323 e. The first kappa shape index (κ1) is 21.3. The topological polar surface area (TPSA) is 117 Å². The summed E-state index contributed by atoms with van der Waals surface area (Å²) < 4.78 is 5.63. The van der Waals surface area contributed by atoms with Gasteiger partial charge in [-0.3, -0.25) is 4.79 Å². The molecule has 0 fully saturated rings. The molecule has 0 aliphatic carbocycles. The monoisotopic (exact) mass is 428 g/mol. The first-order valence-electron chi connectivity index (χ1n) is 9.23. The fourth-order valence-corrected chi connectivity index (χ4v) is 2.74. The number of nitrogens with zero attached hydrogens (tertiary/aromatic N) is 2. The van der Waals surface area contributed by atoms with E-state index in [-0.39, 0.29) is 0 Å². The SMILES string of the molecule is CC(C)(CCc1nnc(-c2ccc(NC(=O)Nc3cccc(Cl)c3)cc2)o1)C(=O)O. The van der Waals surface area contributed by atoms with E-state index in [1.54, 1.807) is 62.4 Å². The highest BCUT2D eigenvalue weighted by molar-refractivity contribution is 6.30. The number of carboxylic acid groups (broad SMARTS) is 1. The van der Waals surface area contributed by atoms with Crippen molar-refractivity contribution in [1.82, 2.24) is 10.2 Å². The Morgan fingerprint density at radius 1 is 1.07 bits per heavy atom. The van der Waals surface area contributed by atoms with Crippen LogP contribution in [0.15, 0.2) is 52.9 Å². The summed E-state index contributed by atoms with van der Waals surface area (Å²) in [6.07, 6.45) is 0.754. The lowest BCUT2D eigenvalue weighted by atomic mass is 9.88. The summed E-state index contributed by atoms with van der Waals surface area (Å²) in [4.78, 5) is 23.3. The predicted octanol–water partition coefficient (Wildman–Crippen LogP) is 5.08. The van der Waals surface area contributed by atoms with Crippen LogP contribution >= 0.6 is 11.6 Å². The summed E-state index contributed by atoms with van der Waals surface area (Å²) in [7, 11) is 0. The van der Waals surface area contributed by atoms with Gasteiger partial charge in [0.25, 0.3) is 0 Å². The second-order valence-corrected chi connectivity index (χ2v) is 7.79. The number of anilines is 2. The number of aryl methyl sites for hydroxylation is 1. The minimum atomic E-state index is -0.871. The van der Waals surface area contributed by atoms with Crippen molar-refractivity contribution >= 4 is 35.0 Å². The van der Waals surface area contributed by atoms with Crippen molar-refractivity contribution in [2.45, 2.75) is 26.7 Å². The Morgan fingerprint density at radius 2 is 1.77 bits per heavy atom. The van der Waals surface area contributed by atoms with Crippen LogP contribution in [0, 0.1) is 5.41 Å². The lowest BCUT2D eigenvalue weighted by molar-refractivity contribution is -0.147. The third-order valence-electron chi connectivity index (χ3n) is 4.48. The normalized spacial score (nSPS) is 11.2. The maximum atomic E-state index is 12.1. The number of urea groups is 1. The Bertz CT molecular complexity index is 1050. The molecule has 3 N–H and O–H groups in total. The van der Waals surface area contributed by atoms with Gasteiger partial charge in [0.2, 0.25) is 11.8 Å². The molecule has 2 amide bonds. The van der Waals surface area contributed by atoms with Crippen molar-refractivity contribution in [2.75, 3.05) is 10.6 Å². The average molecular weight is 429 g/mol. The lowest BCUT2D eigenvalue weighted by Crippen LogP contribution is -2.24. The zero-order valence-corrected chi connectivity index (χ0v) is 17.2. The first-order valence-corrected chi connectivity index (χ1v) is 9.60. The number of halogens is 1. The first-order chi connectivity index (χ1) is 14.2. The number of carboxylic acids is 1. The molecule has 0 radical (unpaired) electrons. The summed E-state index contributed by atoms with van der Waals surface area (Å²) in [5.74, 6) is -0.166. The average Bonchev–Trinajstić information content (AvgIpc) is 3.16. The van der Waals surface area contributed by atoms with E-state index in [0.29, 0.717) is 46.6 Å². The predicted molar refractivity (Wildman–Crippen MR) is 114 cm³/mol. The maximum Gasteiger partial charge on any atom is 0.323 e. The van der Waals surface area contributed by atoms with Gasteiger partial charge in [-0.15, -0.1) is 10.2 Å². The number of hydrogen-bond donors (Lipinski definition) is 3. The van der Waals surface area contributed by atoms with Crippen LogP contribution < -0.4 is 10.6 Å². The van der Waals surface area contributed by atoms with Crippen molar-refractivity contribution in [1.29, 1.82) is 0 Å². The van der Waals surface area contributed by atoms with Gasteiger partial charge in [-0.2, -0.15) is 0 Å². The number of hydrogen-bond acceptors (Lipinski definition) is 5. The van der Waals surface area contributed by atoms with Crippen LogP contribution in [0.1, 0.15) is 26.2 Å². The summed E-state index contributed by atoms with van der Waals surface area (Å²) >= 11 is 5.90. The highest BCUT2D eigenvalue weighted by atomic mass is 35.5. The van der Waals surface area contributed by atoms with Gasteiger partial charge in [-0.25, -0.2) is 4.79 Å². The molecule has 0 saturated heterocycles. The van der Waals surface area contributed by atoms with Gasteiger partial charge in [-0.05, 0) is 62.7 Å². The second-order valence-electron chi connectivity index (χ2n) is 7.36. The van der Waals surface area contributed by atoms with E-state index in [4.69, 9.17) is 16.0 Å². The van der Waals surface area contributed by atoms with E-state index >= 15 is 0 Å². The van der Waals surface area contributed by atoms with Crippen molar-refractivity contribution in [3.8, 4) is 11.5 Å². The van der Waals surface area contributed by atoms with Crippen LogP contribution in [0.3, 0.4) is 0 Å². The Kier molecular flexibility index (Phi) is 6.37. The minimum Gasteiger partial charge on any atom is -0.481 e. The van der Waals surface area contributed by atoms with E-state index in [1.807, 2.05) is 0 Å². The molecule has 30 heavy (non-hydrogen) atoms. The fraction of sp³-hybridized carbons (Fsp3) is 0.238. The number of carbonyl (C=O) groups excluding carboxylic acids is 1. The second kappa shape index (κ2) is 8.96. The van der Waals surface area contributed by atoms with Gasteiger partial charge in [0.1, 0.15) is 0 Å². The van der Waals surface area contributed by atoms with E-state index in [1.165, 1.54) is 0 Å². The van der Waals surface area contributed by atoms with Crippen LogP contribution in [0.25, 0.3) is 11.5 Å². The zero-order chi connectivity index (χ0) is 21.7. The Hall–Kier alpha value is -3.39. The number of rotatable bonds is 7. The van der Waals surface area contributed by atoms with E-state index in [9.17, 15) is 14.7 Å². The molecule has 2 aromatic carbocycles. The molecule has 0 unspecified atom stereocenters. The molecule has 0 atom stereocenters. The maximum absolute atomic E-state index is 12.1. The molecule has 3 aromatic rings. The van der Waals surface area contributed by atoms with E-state index in [0.717, 1.165) is 0 Å². The van der Waals surface area contributed by atoms with Crippen LogP contribution in [-0.4, -0.2) is 27.3 Å². The molecule has 8 nitrogen and oxygen atoms in total. The van der Waals surface area contributed by atoms with Crippen molar-refractivity contribution in [3.05, 3.63) is 59.4 Å². The molecule has 0 aliphatic rings. The third-order valence-corrected chi connectivity index (χ3v) is 4.72. The highest BCUT2D eigenvalue weighted by Crippen LogP contribution is 2.25. The summed E-state index contributed by atoms with van der Waals surface area (Å²) in [6, 6.07) is 13.4. The van der Waals surface area contributed by atoms with Crippen molar-refractivity contribution in [2.24, 2.45) is 5.41 Å². The summed E-state index contributed by atoms with van der Waals surface area (Å²) in [6.45, 7) is 3.31. The summed E-state index contributed by atoms with van der Waals surface area (Å²) in [5.41, 5.74) is 0.988. The van der Waals surface area contributed by atoms with Gasteiger partial charge in [-0.1, -0.05) is 17.7 Å². The largest absolute Gasteiger partial charge is 0.481 e. The Balaban J connectivity index is 1.58. The number of aromatic nitrogens is 2. The lowest BCUT2D eigenvalue weighted by Gasteiger charge is -2.17. The standard InChI is InChI=1S/C21H21ClN4O4/c1-21(2,19(27)28)11-10-17-25-26-18(30-17)13-6-8-15(9-7-13)23-20(29)24-16-5-3-4-14(22)12-16/h3-9,12H,10-11H2,1-2H3,(H,27,28)(H2,23,24,29). The van der Waals surface area contributed by atoms with E-state index < -0.39 is 17.4 Å². The Morgan fingerprint density at radius 3 is 2.43 bits per heavy atom. The number of amides is 2. The molecular formula is C21H21ClN4O4. The van der Waals surface area contributed by atoms with Crippen LogP contribution in [-0.2, 0) is 11.2 Å². The number of aliphatic carboxylic acids is 1. The van der Waals surface area contributed by atoms with Gasteiger partial charge < -0.3 is 20.2 Å². The molecule has 3 rings (SSSR count). The van der Waals surface area contributed by atoms with Gasteiger partial charge >= 0.3 is 12.0 Å². The van der Waals surface area contributed by atoms with Crippen LogP contribution in [0.4, 0.5) is 16.2 Å². The van der Waals surface area contributed by atoms with Crippen molar-refractivity contribution < 1.29 is 19.1 Å². The Labute approximate surface area is 178 Å². The molecule has 0 bridgehead atoms. The van der Waals surface area contributed by atoms with E-state index in [2.05, 4.69) is 20.8 Å². The van der Waals surface area contributed by atoms with Gasteiger partial charge in [0, 0.05) is 28.4 Å². The molecule has 156 valence electrons. The molecule has 0 aliphatic heterocycles. The third kappa shape index (κ3) is 5.57. The quantitative estimate of drug-likeness (QED) is 0.483. The van der Waals surface area contributed by atoms with Crippen LogP contribution in [0.5, 0.6) is 0 Å². The molecule has 1 aromatic heterocycles. The van der Waals surface area contributed by atoms with Crippen molar-refractivity contribution in [3.63, 3.8) is 0 Å². The highest BCUT2D eigenvalue weighted by Gasteiger charge is 2.27. The number of carbonyl (C=O) groups is 2. The zero-order valence-electron chi connectivity index (χ0n) is 16.5. The van der Waals surface area contributed by atoms with Gasteiger partial charge in [0.15, 0.2) is 0 Å².